The topological polar surface area (TPSA) is 61.9 Å². The number of hydrogen-bond acceptors (Lipinski definition) is 4. The molecule has 2 saturated heterocycles. The van der Waals surface area contributed by atoms with E-state index in [1.165, 1.54) is 11.1 Å². The molecule has 2 aliphatic rings. The van der Waals surface area contributed by atoms with E-state index < -0.39 is 0 Å². The molecule has 0 unspecified atom stereocenters. The molecular weight excluding hydrogens is 378 g/mol. The Balaban J connectivity index is 1.41. The van der Waals surface area contributed by atoms with Crippen LogP contribution in [0.3, 0.4) is 0 Å². The van der Waals surface area contributed by atoms with Gasteiger partial charge in [0.1, 0.15) is 0 Å². The summed E-state index contributed by atoms with van der Waals surface area (Å²) in [4.78, 5) is 29.3. The molecule has 0 radical (unpaired) electrons. The normalized spacial score (nSPS) is 23.6. The molecule has 6 heteroatoms. The number of piperidine rings is 2. The van der Waals surface area contributed by atoms with Gasteiger partial charge >= 0.3 is 0 Å². The maximum atomic E-state index is 12.8. The molecule has 2 atom stereocenters. The van der Waals surface area contributed by atoms with Crippen LogP contribution in [0, 0.1) is 18.8 Å². The van der Waals surface area contributed by atoms with Gasteiger partial charge in [0, 0.05) is 39.2 Å². The minimum Gasteiger partial charge on any atom is -0.383 e. The maximum absolute atomic E-state index is 12.8. The van der Waals surface area contributed by atoms with Gasteiger partial charge < -0.3 is 15.0 Å². The molecule has 1 N–H and O–H groups in total. The molecule has 166 valence electrons. The molecule has 0 aliphatic carbocycles. The lowest BCUT2D eigenvalue weighted by Crippen LogP contribution is -2.53. The van der Waals surface area contributed by atoms with Crippen LogP contribution >= 0.6 is 0 Å². The standard InChI is InChI=1S/C24H37N3O3/c1-18-4-6-21(7-5-18)17-26-12-10-20(11-13-26)16-25-24(29)22-8-9-23(28)27(19(22)2)14-15-30-3/h4-7,19-20,22H,8-17H2,1-3H3,(H,25,29)/t19-,22-/m1/s1. The molecule has 2 fully saturated rings. The van der Waals surface area contributed by atoms with Crippen LogP contribution in [0.2, 0.25) is 0 Å². The van der Waals surface area contributed by atoms with Crippen molar-refractivity contribution in [3.05, 3.63) is 35.4 Å². The first-order valence-corrected chi connectivity index (χ1v) is 11.3. The Kier molecular flexibility index (Phi) is 8.28. The zero-order chi connectivity index (χ0) is 21.5. The summed E-state index contributed by atoms with van der Waals surface area (Å²) >= 11 is 0. The van der Waals surface area contributed by atoms with Crippen molar-refractivity contribution in [3.63, 3.8) is 0 Å². The zero-order valence-electron chi connectivity index (χ0n) is 18.7. The van der Waals surface area contributed by atoms with Crippen LogP contribution in [0.25, 0.3) is 0 Å². The van der Waals surface area contributed by atoms with Crippen molar-refractivity contribution in [1.29, 1.82) is 0 Å². The van der Waals surface area contributed by atoms with E-state index in [0.29, 0.717) is 31.9 Å². The Morgan fingerprint density at radius 1 is 1.17 bits per heavy atom. The van der Waals surface area contributed by atoms with Crippen LogP contribution in [0.1, 0.15) is 43.7 Å². The molecule has 0 aromatic heterocycles. The first-order valence-electron chi connectivity index (χ1n) is 11.3. The van der Waals surface area contributed by atoms with Gasteiger partial charge in [-0.05, 0) is 57.7 Å². The number of methoxy groups -OCH3 is 1. The van der Waals surface area contributed by atoms with Gasteiger partial charge in [-0.1, -0.05) is 29.8 Å². The number of benzene rings is 1. The van der Waals surface area contributed by atoms with E-state index in [1.54, 1.807) is 12.0 Å². The van der Waals surface area contributed by atoms with Crippen LogP contribution in [0.4, 0.5) is 0 Å². The van der Waals surface area contributed by atoms with E-state index in [0.717, 1.165) is 39.0 Å². The number of ether oxygens (including phenoxy) is 1. The summed E-state index contributed by atoms with van der Waals surface area (Å²) in [5, 5.41) is 3.19. The zero-order valence-corrected chi connectivity index (χ0v) is 18.7. The molecular formula is C24H37N3O3. The summed E-state index contributed by atoms with van der Waals surface area (Å²) in [6.07, 6.45) is 3.32. The van der Waals surface area contributed by atoms with Crippen molar-refractivity contribution in [3.8, 4) is 0 Å². The summed E-state index contributed by atoms with van der Waals surface area (Å²) in [7, 11) is 1.63. The lowest BCUT2D eigenvalue weighted by Gasteiger charge is -2.38. The molecule has 1 aromatic rings. The largest absolute Gasteiger partial charge is 0.383 e. The SMILES string of the molecule is COCCN1C(=O)CC[C@@H](C(=O)NCC2CCN(Cc3ccc(C)cc3)CC2)[C@H]1C. The molecule has 0 saturated carbocycles. The Morgan fingerprint density at radius 3 is 2.53 bits per heavy atom. The van der Waals surface area contributed by atoms with Gasteiger partial charge in [-0.25, -0.2) is 0 Å². The fraction of sp³-hybridized carbons (Fsp3) is 0.667. The predicted molar refractivity (Wildman–Crippen MR) is 118 cm³/mol. The number of rotatable bonds is 8. The van der Waals surface area contributed by atoms with Gasteiger partial charge in [0.25, 0.3) is 0 Å². The second kappa shape index (κ2) is 10.9. The first-order chi connectivity index (χ1) is 14.5. The number of aryl methyl sites for hydroxylation is 1. The molecule has 1 aromatic carbocycles. The average Bonchev–Trinajstić information content (AvgIpc) is 2.74. The number of likely N-dealkylation sites (tertiary alicyclic amines) is 2. The second-order valence-corrected chi connectivity index (χ2v) is 8.92. The number of nitrogens with zero attached hydrogens (tertiary/aromatic N) is 2. The minimum absolute atomic E-state index is 0.0715. The third kappa shape index (κ3) is 6.05. The molecule has 2 heterocycles. The highest BCUT2D eigenvalue weighted by molar-refractivity contribution is 5.84. The lowest BCUT2D eigenvalue weighted by molar-refractivity contribution is -0.143. The van der Waals surface area contributed by atoms with Gasteiger partial charge in [-0.3, -0.25) is 14.5 Å². The number of carbonyl (C=O) groups excluding carboxylic acids is 2. The maximum Gasteiger partial charge on any atom is 0.225 e. The van der Waals surface area contributed by atoms with Gasteiger partial charge in [0.05, 0.1) is 12.5 Å². The summed E-state index contributed by atoms with van der Waals surface area (Å²) < 4.78 is 5.12. The third-order valence-electron chi connectivity index (χ3n) is 6.74. The summed E-state index contributed by atoms with van der Waals surface area (Å²) in [6.45, 7) is 9.07. The molecule has 6 nitrogen and oxygen atoms in total. The third-order valence-corrected chi connectivity index (χ3v) is 6.74. The van der Waals surface area contributed by atoms with E-state index in [-0.39, 0.29) is 23.8 Å². The van der Waals surface area contributed by atoms with E-state index in [1.807, 2.05) is 6.92 Å². The van der Waals surface area contributed by atoms with E-state index in [9.17, 15) is 9.59 Å². The number of nitrogens with one attached hydrogen (secondary N) is 1. The van der Waals surface area contributed by atoms with Gasteiger partial charge in [-0.15, -0.1) is 0 Å². The van der Waals surface area contributed by atoms with Crippen molar-refractivity contribution in [2.75, 3.05) is 39.9 Å². The molecule has 2 amide bonds. The monoisotopic (exact) mass is 415 g/mol. The Hall–Kier alpha value is -1.92. The molecule has 2 aliphatic heterocycles. The highest BCUT2D eigenvalue weighted by Crippen LogP contribution is 2.25. The number of hydrogen-bond donors (Lipinski definition) is 1. The van der Waals surface area contributed by atoms with Gasteiger partial charge in [0.15, 0.2) is 0 Å². The van der Waals surface area contributed by atoms with Crippen LogP contribution in [0.15, 0.2) is 24.3 Å². The van der Waals surface area contributed by atoms with Crippen LogP contribution < -0.4 is 5.32 Å². The van der Waals surface area contributed by atoms with Crippen LogP contribution in [-0.2, 0) is 20.9 Å². The highest BCUT2D eigenvalue weighted by atomic mass is 16.5. The van der Waals surface area contributed by atoms with E-state index in [2.05, 4.69) is 41.4 Å². The number of carbonyl (C=O) groups is 2. The minimum atomic E-state index is -0.124. The van der Waals surface area contributed by atoms with Gasteiger partial charge in [-0.2, -0.15) is 0 Å². The van der Waals surface area contributed by atoms with Crippen molar-refractivity contribution < 1.29 is 14.3 Å². The summed E-state index contributed by atoms with van der Waals surface area (Å²) in [5.74, 6) is 0.638. The second-order valence-electron chi connectivity index (χ2n) is 8.92. The van der Waals surface area contributed by atoms with E-state index in [4.69, 9.17) is 4.74 Å². The number of amides is 2. The Bertz CT molecular complexity index is 698. The van der Waals surface area contributed by atoms with E-state index >= 15 is 0 Å². The molecule has 0 bridgehead atoms. The quantitative estimate of drug-likeness (QED) is 0.709. The fourth-order valence-corrected chi connectivity index (χ4v) is 4.65. The Labute approximate surface area is 180 Å². The van der Waals surface area contributed by atoms with Crippen molar-refractivity contribution >= 4 is 11.8 Å². The average molecular weight is 416 g/mol. The van der Waals surface area contributed by atoms with Crippen molar-refractivity contribution in [1.82, 2.24) is 15.1 Å². The van der Waals surface area contributed by atoms with Crippen LogP contribution in [-0.4, -0.2) is 67.6 Å². The van der Waals surface area contributed by atoms with Crippen LogP contribution in [0.5, 0.6) is 0 Å². The predicted octanol–water partition coefficient (Wildman–Crippen LogP) is 2.60. The van der Waals surface area contributed by atoms with Gasteiger partial charge in [0.2, 0.25) is 11.8 Å². The molecule has 0 spiro atoms. The molecule has 3 rings (SSSR count). The fourth-order valence-electron chi connectivity index (χ4n) is 4.65. The lowest BCUT2D eigenvalue weighted by atomic mass is 9.88. The first kappa shape index (κ1) is 22.8. The Morgan fingerprint density at radius 2 is 1.87 bits per heavy atom. The molecule has 30 heavy (non-hydrogen) atoms. The smallest absolute Gasteiger partial charge is 0.225 e. The highest BCUT2D eigenvalue weighted by Gasteiger charge is 2.36. The summed E-state index contributed by atoms with van der Waals surface area (Å²) in [6, 6.07) is 8.71. The summed E-state index contributed by atoms with van der Waals surface area (Å²) in [5.41, 5.74) is 2.66. The van der Waals surface area contributed by atoms with Crippen molar-refractivity contribution in [2.24, 2.45) is 11.8 Å². The van der Waals surface area contributed by atoms with Crippen molar-refractivity contribution in [2.45, 2.75) is 52.1 Å².